The Morgan fingerprint density at radius 3 is 1.67 bits per heavy atom. The Hall–Kier alpha value is -0.740. The first-order valence-corrected chi connectivity index (χ1v) is 5.26. The summed E-state index contributed by atoms with van der Waals surface area (Å²) in [6.45, 7) is 2.79. The molecule has 0 heterocycles. The second kappa shape index (κ2) is 5.98. The van der Waals surface area contributed by atoms with Crippen molar-refractivity contribution in [2.45, 2.75) is 33.1 Å². The smallest absolute Gasteiger partial charge is 0.129 e. The highest BCUT2D eigenvalue weighted by Crippen LogP contribution is 2.42. The average molecular weight is 216 g/mol. The molecule has 0 aliphatic rings. The van der Waals surface area contributed by atoms with Gasteiger partial charge in [0.25, 0.3) is 0 Å². The fourth-order valence-corrected chi connectivity index (χ4v) is 2.00. The summed E-state index contributed by atoms with van der Waals surface area (Å²) in [6, 6.07) is 0. The van der Waals surface area contributed by atoms with E-state index in [0.29, 0.717) is 31.8 Å². The molecule has 2 atom stereocenters. The van der Waals surface area contributed by atoms with Crippen molar-refractivity contribution in [2.24, 2.45) is 10.8 Å². The zero-order valence-corrected chi connectivity index (χ0v) is 9.40. The van der Waals surface area contributed by atoms with Crippen molar-refractivity contribution in [2.75, 3.05) is 13.2 Å². The van der Waals surface area contributed by atoms with Crippen LogP contribution in [-0.2, 0) is 9.59 Å². The quantitative estimate of drug-likeness (QED) is 0.581. The van der Waals surface area contributed by atoms with Gasteiger partial charge in [-0.15, -0.1) is 0 Å². The normalized spacial score (nSPS) is 18.9. The van der Waals surface area contributed by atoms with Crippen LogP contribution in [0.3, 0.4) is 0 Å². The summed E-state index contributed by atoms with van der Waals surface area (Å²) >= 11 is 0. The molecule has 0 saturated heterocycles. The van der Waals surface area contributed by atoms with E-state index in [9.17, 15) is 19.8 Å². The summed E-state index contributed by atoms with van der Waals surface area (Å²) < 4.78 is 0. The Bertz CT molecular complexity index is 211. The Labute approximate surface area is 90.3 Å². The Morgan fingerprint density at radius 1 is 1.00 bits per heavy atom. The van der Waals surface area contributed by atoms with E-state index in [0.717, 1.165) is 0 Å². The summed E-state index contributed by atoms with van der Waals surface area (Å²) in [5.74, 6) is 0. The maximum atomic E-state index is 11.1. The molecule has 0 radical (unpaired) electrons. The molecule has 0 aromatic rings. The minimum absolute atomic E-state index is 0.340. The van der Waals surface area contributed by atoms with Gasteiger partial charge in [0.15, 0.2) is 0 Å². The van der Waals surface area contributed by atoms with Crippen LogP contribution in [0, 0.1) is 10.8 Å². The third-order valence-electron chi connectivity index (χ3n) is 3.33. The molecule has 0 aliphatic carbocycles. The SMILES string of the molecule is CCC[C@@](C=O)(CO)[C@@](C=O)(CC)CO. The molecule has 0 saturated carbocycles. The molecule has 0 fully saturated rings. The fourth-order valence-electron chi connectivity index (χ4n) is 2.00. The lowest BCUT2D eigenvalue weighted by atomic mass is 9.62. The van der Waals surface area contributed by atoms with E-state index in [2.05, 4.69) is 0 Å². The van der Waals surface area contributed by atoms with Crippen molar-refractivity contribution in [3.63, 3.8) is 0 Å². The largest absolute Gasteiger partial charge is 0.395 e. The van der Waals surface area contributed by atoms with E-state index < -0.39 is 24.0 Å². The molecule has 4 nitrogen and oxygen atoms in total. The number of hydrogen-bond donors (Lipinski definition) is 2. The first-order valence-electron chi connectivity index (χ1n) is 5.26. The van der Waals surface area contributed by atoms with Gasteiger partial charge in [-0.25, -0.2) is 0 Å². The van der Waals surface area contributed by atoms with E-state index in [1.807, 2.05) is 6.92 Å². The number of rotatable bonds is 8. The van der Waals surface area contributed by atoms with E-state index in [4.69, 9.17) is 0 Å². The van der Waals surface area contributed by atoms with Crippen LogP contribution in [0.15, 0.2) is 0 Å². The summed E-state index contributed by atoms with van der Waals surface area (Å²) in [5.41, 5.74) is -2.30. The van der Waals surface area contributed by atoms with Crippen LogP contribution in [0.1, 0.15) is 33.1 Å². The molecule has 15 heavy (non-hydrogen) atoms. The lowest BCUT2D eigenvalue weighted by molar-refractivity contribution is -0.144. The van der Waals surface area contributed by atoms with Crippen molar-refractivity contribution >= 4 is 12.6 Å². The minimum atomic E-state index is -1.15. The van der Waals surface area contributed by atoms with Crippen molar-refractivity contribution in [3.05, 3.63) is 0 Å². The van der Waals surface area contributed by atoms with Crippen molar-refractivity contribution in [3.8, 4) is 0 Å². The zero-order valence-electron chi connectivity index (χ0n) is 9.40. The van der Waals surface area contributed by atoms with Crippen LogP contribution in [0.25, 0.3) is 0 Å². The highest BCUT2D eigenvalue weighted by molar-refractivity contribution is 5.73. The predicted molar refractivity (Wildman–Crippen MR) is 56.4 cm³/mol. The summed E-state index contributed by atoms with van der Waals surface area (Å²) in [6.07, 6.45) is 2.64. The average Bonchev–Trinajstić information content (AvgIpc) is 2.30. The standard InChI is InChI=1S/C11H20O4/c1-3-5-11(8-14,9-15)10(4-2,6-12)7-13/h6,8,13,15H,3-5,7,9H2,1-2H3/t10-,11-/m1/s1. The number of hydrogen-bond acceptors (Lipinski definition) is 4. The number of aliphatic hydroxyl groups is 2. The van der Waals surface area contributed by atoms with E-state index in [1.165, 1.54) is 0 Å². The van der Waals surface area contributed by atoms with Crippen molar-refractivity contribution in [1.29, 1.82) is 0 Å². The second-order valence-electron chi connectivity index (χ2n) is 3.97. The van der Waals surface area contributed by atoms with Gasteiger partial charge in [-0.2, -0.15) is 0 Å². The van der Waals surface area contributed by atoms with Gasteiger partial charge in [-0.3, -0.25) is 0 Å². The molecule has 0 aliphatic heterocycles. The summed E-state index contributed by atoms with van der Waals surface area (Å²) in [5, 5.41) is 18.6. The van der Waals surface area contributed by atoms with Crippen LogP contribution in [0.4, 0.5) is 0 Å². The Balaban J connectivity index is 5.32. The minimum Gasteiger partial charge on any atom is -0.395 e. The molecule has 0 unspecified atom stereocenters. The van der Waals surface area contributed by atoms with Crippen LogP contribution >= 0.6 is 0 Å². The summed E-state index contributed by atoms with van der Waals surface area (Å²) in [7, 11) is 0. The van der Waals surface area contributed by atoms with E-state index >= 15 is 0 Å². The monoisotopic (exact) mass is 216 g/mol. The molecule has 0 amide bonds. The third-order valence-corrected chi connectivity index (χ3v) is 3.33. The van der Waals surface area contributed by atoms with Crippen molar-refractivity contribution < 1.29 is 19.8 Å². The van der Waals surface area contributed by atoms with Gasteiger partial charge in [0, 0.05) is 0 Å². The first kappa shape index (κ1) is 14.3. The number of carbonyl (C=O) groups excluding carboxylic acids is 2. The lowest BCUT2D eigenvalue weighted by Gasteiger charge is -2.41. The molecule has 4 heteroatoms. The Kier molecular flexibility index (Phi) is 5.68. The maximum absolute atomic E-state index is 11.1. The van der Waals surface area contributed by atoms with Crippen LogP contribution < -0.4 is 0 Å². The molecule has 88 valence electrons. The van der Waals surface area contributed by atoms with Gasteiger partial charge < -0.3 is 19.8 Å². The molecule has 0 aromatic carbocycles. The van der Waals surface area contributed by atoms with Crippen LogP contribution in [0.5, 0.6) is 0 Å². The van der Waals surface area contributed by atoms with Gasteiger partial charge in [0.05, 0.1) is 24.0 Å². The van der Waals surface area contributed by atoms with Gasteiger partial charge in [0.1, 0.15) is 12.6 Å². The van der Waals surface area contributed by atoms with Gasteiger partial charge in [-0.05, 0) is 12.8 Å². The highest BCUT2D eigenvalue weighted by atomic mass is 16.3. The second-order valence-corrected chi connectivity index (χ2v) is 3.97. The number of aliphatic hydroxyl groups excluding tert-OH is 2. The maximum Gasteiger partial charge on any atom is 0.129 e. The molecular weight excluding hydrogens is 196 g/mol. The van der Waals surface area contributed by atoms with E-state index in [-0.39, 0.29) is 0 Å². The lowest BCUT2D eigenvalue weighted by Crippen LogP contribution is -2.49. The molecule has 0 bridgehead atoms. The fraction of sp³-hybridized carbons (Fsp3) is 0.818. The summed E-state index contributed by atoms with van der Waals surface area (Å²) in [4.78, 5) is 22.2. The van der Waals surface area contributed by atoms with E-state index in [1.54, 1.807) is 6.92 Å². The number of carbonyl (C=O) groups is 2. The first-order chi connectivity index (χ1) is 7.11. The van der Waals surface area contributed by atoms with Gasteiger partial charge in [-0.1, -0.05) is 20.3 Å². The Morgan fingerprint density at radius 2 is 1.47 bits per heavy atom. The highest BCUT2D eigenvalue weighted by Gasteiger charge is 2.49. The van der Waals surface area contributed by atoms with Gasteiger partial charge in [0.2, 0.25) is 0 Å². The topological polar surface area (TPSA) is 74.6 Å². The van der Waals surface area contributed by atoms with Crippen LogP contribution in [-0.4, -0.2) is 36.0 Å². The number of aldehydes is 2. The third kappa shape index (κ3) is 2.26. The molecule has 0 rings (SSSR count). The molecule has 0 aromatic heterocycles. The van der Waals surface area contributed by atoms with Crippen molar-refractivity contribution in [1.82, 2.24) is 0 Å². The molecular formula is C11H20O4. The zero-order chi connectivity index (χ0) is 11.9. The van der Waals surface area contributed by atoms with Crippen LogP contribution in [0.2, 0.25) is 0 Å². The molecule has 2 N–H and O–H groups in total. The van der Waals surface area contributed by atoms with Gasteiger partial charge >= 0.3 is 0 Å². The predicted octanol–water partition coefficient (Wildman–Crippen LogP) is 0.552. The molecule has 0 spiro atoms.